The van der Waals surface area contributed by atoms with Crippen LogP contribution >= 0.6 is 0 Å². The van der Waals surface area contributed by atoms with Crippen molar-refractivity contribution in [2.75, 3.05) is 11.8 Å². The van der Waals surface area contributed by atoms with Crippen molar-refractivity contribution in [1.82, 2.24) is 5.32 Å². The molecule has 8 heteroatoms. The number of nitrogens with one attached hydrogen (secondary N) is 2. The molecule has 0 atom stereocenters. The molecule has 0 saturated carbocycles. The van der Waals surface area contributed by atoms with Crippen molar-refractivity contribution in [1.29, 1.82) is 0 Å². The smallest absolute Gasteiger partial charge is 0.261 e. The predicted octanol–water partition coefficient (Wildman–Crippen LogP) is 3.42. The molecule has 0 aromatic heterocycles. The Morgan fingerprint density at radius 1 is 1.04 bits per heavy atom. The summed E-state index contributed by atoms with van der Waals surface area (Å²) in [7, 11) is -2.48. The number of hydrogen-bond donors (Lipinski definition) is 2. The minimum atomic E-state index is -3.91. The van der Waals surface area contributed by atoms with Crippen LogP contribution in [0.15, 0.2) is 47.4 Å². The maximum absolute atomic E-state index is 12.8. The number of rotatable bonds is 8. The van der Waals surface area contributed by atoms with E-state index < -0.39 is 15.9 Å². The van der Waals surface area contributed by atoms with E-state index in [9.17, 15) is 13.2 Å². The van der Waals surface area contributed by atoms with Crippen molar-refractivity contribution in [2.45, 2.75) is 44.7 Å². The van der Waals surface area contributed by atoms with Crippen LogP contribution in [0.4, 0.5) is 5.69 Å². The molecule has 1 amide bonds. The number of hydrogen-bond acceptors (Lipinski definition) is 5. The Labute approximate surface area is 166 Å². The van der Waals surface area contributed by atoms with Crippen molar-refractivity contribution < 1.29 is 22.7 Å². The largest absolute Gasteiger partial charge is 0.496 e. The Kier molecular flexibility index (Phi) is 6.90. The Balaban J connectivity index is 2.34. The van der Waals surface area contributed by atoms with Gasteiger partial charge in [0.25, 0.3) is 15.9 Å². The van der Waals surface area contributed by atoms with E-state index in [1.165, 1.54) is 25.3 Å². The third kappa shape index (κ3) is 5.63. The number of ether oxygens (including phenoxy) is 2. The van der Waals surface area contributed by atoms with Crippen molar-refractivity contribution >= 4 is 21.6 Å². The van der Waals surface area contributed by atoms with Gasteiger partial charge in [-0.25, -0.2) is 8.42 Å². The highest BCUT2D eigenvalue weighted by Gasteiger charge is 2.20. The first-order chi connectivity index (χ1) is 13.1. The fourth-order valence-electron chi connectivity index (χ4n) is 2.49. The molecule has 2 rings (SSSR count). The Hall–Kier alpha value is -2.74. The topological polar surface area (TPSA) is 93.7 Å². The van der Waals surface area contributed by atoms with Crippen LogP contribution in [0.2, 0.25) is 0 Å². The van der Waals surface area contributed by atoms with Gasteiger partial charge in [-0.05, 0) is 58.0 Å². The first-order valence-electron chi connectivity index (χ1n) is 8.91. The minimum absolute atomic E-state index is 0.0320. The number of methoxy groups -OCH3 is 1. The molecule has 28 heavy (non-hydrogen) atoms. The average Bonchev–Trinajstić information content (AvgIpc) is 2.59. The second kappa shape index (κ2) is 8.97. The first kappa shape index (κ1) is 21.6. The monoisotopic (exact) mass is 406 g/mol. The lowest BCUT2D eigenvalue weighted by Crippen LogP contribution is -2.30. The number of sulfonamides is 1. The molecule has 2 N–H and O–H groups in total. The Bertz CT molecular complexity index is 939. The highest BCUT2D eigenvalue weighted by atomic mass is 32.2. The predicted molar refractivity (Wildman–Crippen MR) is 109 cm³/mol. The Morgan fingerprint density at radius 2 is 1.75 bits per heavy atom. The lowest BCUT2D eigenvalue weighted by Gasteiger charge is -2.15. The molecule has 152 valence electrons. The maximum atomic E-state index is 12.8. The molecule has 0 bridgehead atoms. The van der Waals surface area contributed by atoms with Crippen LogP contribution in [0.25, 0.3) is 0 Å². The zero-order chi connectivity index (χ0) is 20.9. The molecule has 0 saturated heterocycles. The lowest BCUT2D eigenvalue weighted by molar-refractivity contribution is 0.0940. The van der Waals surface area contributed by atoms with Crippen LogP contribution in [0.1, 0.15) is 38.1 Å². The molecule has 0 fully saturated rings. The molecule has 0 radical (unpaired) electrons. The van der Waals surface area contributed by atoms with Crippen LogP contribution in [0.3, 0.4) is 0 Å². The number of amides is 1. The normalized spacial score (nSPS) is 11.4. The van der Waals surface area contributed by atoms with Gasteiger partial charge in [-0.2, -0.15) is 0 Å². The van der Waals surface area contributed by atoms with E-state index in [0.29, 0.717) is 17.2 Å². The van der Waals surface area contributed by atoms with E-state index in [0.717, 1.165) is 0 Å². The third-order valence-electron chi connectivity index (χ3n) is 3.60. The summed E-state index contributed by atoms with van der Waals surface area (Å²) >= 11 is 0. The molecule has 2 aromatic carbocycles. The summed E-state index contributed by atoms with van der Waals surface area (Å²) in [5, 5.41) is 2.74. The molecule has 0 heterocycles. The van der Waals surface area contributed by atoms with Gasteiger partial charge in [-0.1, -0.05) is 6.07 Å². The van der Waals surface area contributed by atoms with E-state index in [-0.39, 0.29) is 22.6 Å². The highest BCUT2D eigenvalue weighted by Crippen LogP contribution is 2.25. The van der Waals surface area contributed by atoms with Crippen LogP contribution < -0.4 is 19.5 Å². The summed E-state index contributed by atoms with van der Waals surface area (Å²) < 4.78 is 38.9. The van der Waals surface area contributed by atoms with Gasteiger partial charge >= 0.3 is 0 Å². The molecule has 0 unspecified atom stereocenters. The molecule has 0 aliphatic carbocycles. The summed E-state index contributed by atoms with van der Waals surface area (Å²) in [6, 6.07) is 10.7. The zero-order valence-electron chi connectivity index (χ0n) is 16.6. The molecule has 7 nitrogen and oxygen atoms in total. The summed E-state index contributed by atoms with van der Waals surface area (Å²) in [6.45, 7) is 7.41. The molecular formula is C20H26N2O5S. The second-order valence-electron chi connectivity index (χ2n) is 6.79. The fraction of sp³-hybridized carbons (Fsp3) is 0.350. The third-order valence-corrected chi connectivity index (χ3v) is 4.98. The first-order valence-corrected chi connectivity index (χ1v) is 10.4. The standard InChI is InChI=1S/C20H26N2O5S/c1-13(2)21-20(23)18-12-17(9-10-19(18)26-5)28(24,25)22-15-7-6-8-16(11-15)27-14(3)4/h6-14,22H,1-5H3,(H,21,23). The van der Waals surface area contributed by atoms with E-state index >= 15 is 0 Å². The van der Waals surface area contributed by atoms with E-state index in [1.807, 2.05) is 27.7 Å². The van der Waals surface area contributed by atoms with E-state index in [1.54, 1.807) is 24.3 Å². The molecule has 0 aliphatic rings. The van der Waals surface area contributed by atoms with Crippen LogP contribution in [0, 0.1) is 0 Å². The zero-order valence-corrected chi connectivity index (χ0v) is 17.5. The summed E-state index contributed by atoms with van der Waals surface area (Å²) in [4.78, 5) is 12.4. The van der Waals surface area contributed by atoms with Gasteiger partial charge in [0.15, 0.2) is 0 Å². The van der Waals surface area contributed by atoms with Crippen molar-refractivity contribution in [2.24, 2.45) is 0 Å². The van der Waals surface area contributed by atoms with Gasteiger partial charge < -0.3 is 14.8 Å². The molecule has 2 aromatic rings. The minimum Gasteiger partial charge on any atom is -0.496 e. The quantitative estimate of drug-likeness (QED) is 0.701. The maximum Gasteiger partial charge on any atom is 0.261 e. The number of carbonyl (C=O) groups excluding carboxylic acids is 1. The van der Waals surface area contributed by atoms with E-state index in [4.69, 9.17) is 9.47 Å². The van der Waals surface area contributed by atoms with Gasteiger partial charge in [0.1, 0.15) is 11.5 Å². The van der Waals surface area contributed by atoms with Crippen molar-refractivity contribution in [3.63, 3.8) is 0 Å². The SMILES string of the molecule is COc1ccc(S(=O)(=O)Nc2cccc(OC(C)C)c2)cc1C(=O)NC(C)C. The highest BCUT2D eigenvalue weighted by molar-refractivity contribution is 7.92. The van der Waals surface area contributed by atoms with Crippen molar-refractivity contribution in [3.05, 3.63) is 48.0 Å². The summed E-state index contributed by atoms with van der Waals surface area (Å²) in [6.07, 6.45) is -0.0320. The number of benzene rings is 2. The van der Waals surface area contributed by atoms with Gasteiger partial charge in [-0.3, -0.25) is 9.52 Å². The van der Waals surface area contributed by atoms with Gasteiger partial charge in [0.2, 0.25) is 0 Å². The van der Waals surface area contributed by atoms with E-state index in [2.05, 4.69) is 10.0 Å². The van der Waals surface area contributed by atoms with Crippen LogP contribution in [-0.2, 0) is 10.0 Å². The molecule has 0 aliphatic heterocycles. The van der Waals surface area contributed by atoms with Crippen LogP contribution in [0.5, 0.6) is 11.5 Å². The lowest BCUT2D eigenvalue weighted by atomic mass is 10.2. The second-order valence-corrected chi connectivity index (χ2v) is 8.47. The van der Waals surface area contributed by atoms with Gasteiger partial charge in [0.05, 0.1) is 29.4 Å². The van der Waals surface area contributed by atoms with Crippen molar-refractivity contribution in [3.8, 4) is 11.5 Å². The number of anilines is 1. The number of carbonyl (C=O) groups is 1. The van der Waals surface area contributed by atoms with Crippen LogP contribution in [-0.4, -0.2) is 33.6 Å². The van der Waals surface area contributed by atoms with Gasteiger partial charge in [-0.15, -0.1) is 0 Å². The molecular weight excluding hydrogens is 380 g/mol. The average molecular weight is 407 g/mol. The van der Waals surface area contributed by atoms with Gasteiger partial charge in [0, 0.05) is 12.1 Å². The Morgan fingerprint density at radius 3 is 2.36 bits per heavy atom. The summed E-state index contributed by atoms with van der Waals surface area (Å²) in [5.41, 5.74) is 0.512. The fourth-order valence-corrected chi connectivity index (χ4v) is 3.57. The summed E-state index contributed by atoms with van der Waals surface area (Å²) in [5.74, 6) is 0.447. The molecule has 0 spiro atoms.